The second-order valence-corrected chi connectivity index (χ2v) is 4.25. The lowest BCUT2D eigenvalue weighted by molar-refractivity contribution is 0.101. The SMILES string of the molecule is CC(=O)c1ccc(-c2ccc(C)cc2)nc1C. The van der Waals surface area contributed by atoms with Crippen molar-refractivity contribution in [3.63, 3.8) is 0 Å². The average Bonchev–Trinajstić information content (AvgIpc) is 2.29. The first kappa shape index (κ1) is 11.5. The van der Waals surface area contributed by atoms with Gasteiger partial charge < -0.3 is 0 Å². The molecule has 0 saturated heterocycles. The van der Waals surface area contributed by atoms with Crippen LogP contribution in [-0.2, 0) is 0 Å². The van der Waals surface area contributed by atoms with Gasteiger partial charge in [-0.05, 0) is 32.9 Å². The van der Waals surface area contributed by atoms with Crippen molar-refractivity contribution in [3.05, 3.63) is 53.2 Å². The van der Waals surface area contributed by atoms with Gasteiger partial charge in [0, 0.05) is 16.8 Å². The summed E-state index contributed by atoms with van der Waals surface area (Å²) in [6.45, 7) is 5.49. The number of nitrogens with zero attached hydrogens (tertiary/aromatic N) is 1. The van der Waals surface area contributed by atoms with Gasteiger partial charge in [0.2, 0.25) is 0 Å². The Bertz CT molecular complexity index is 556. The highest BCUT2D eigenvalue weighted by Crippen LogP contribution is 2.19. The van der Waals surface area contributed by atoms with E-state index in [0.29, 0.717) is 5.56 Å². The van der Waals surface area contributed by atoms with Crippen molar-refractivity contribution in [1.29, 1.82) is 0 Å². The smallest absolute Gasteiger partial charge is 0.161 e. The number of carbonyl (C=O) groups excluding carboxylic acids is 1. The number of aryl methyl sites for hydroxylation is 2. The second kappa shape index (κ2) is 4.50. The number of Topliss-reactive ketones (excluding diaryl/α,β-unsaturated/α-hetero) is 1. The van der Waals surface area contributed by atoms with Gasteiger partial charge in [0.25, 0.3) is 0 Å². The standard InChI is InChI=1S/C15H15NO/c1-10-4-6-13(7-5-10)15-9-8-14(12(3)17)11(2)16-15/h4-9H,1-3H3. The topological polar surface area (TPSA) is 30.0 Å². The van der Waals surface area contributed by atoms with Crippen LogP contribution in [0.4, 0.5) is 0 Å². The molecule has 2 aromatic rings. The molecule has 0 radical (unpaired) electrons. The number of carbonyl (C=O) groups is 1. The van der Waals surface area contributed by atoms with Crippen molar-refractivity contribution >= 4 is 5.78 Å². The normalized spacial score (nSPS) is 10.3. The summed E-state index contributed by atoms with van der Waals surface area (Å²) < 4.78 is 0. The maximum absolute atomic E-state index is 11.3. The second-order valence-electron chi connectivity index (χ2n) is 4.25. The summed E-state index contributed by atoms with van der Waals surface area (Å²) in [7, 11) is 0. The summed E-state index contributed by atoms with van der Waals surface area (Å²) in [5.41, 5.74) is 4.70. The Hall–Kier alpha value is -1.96. The first-order chi connectivity index (χ1) is 8.08. The fraction of sp³-hybridized carbons (Fsp3) is 0.200. The highest BCUT2D eigenvalue weighted by Gasteiger charge is 2.06. The fourth-order valence-electron chi connectivity index (χ4n) is 1.82. The van der Waals surface area contributed by atoms with Gasteiger partial charge in [-0.2, -0.15) is 0 Å². The Morgan fingerprint density at radius 2 is 1.65 bits per heavy atom. The molecule has 0 bridgehead atoms. The van der Waals surface area contributed by atoms with E-state index in [4.69, 9.17) is 0 Å². The zero-order valence-corrected chi connectivity index (χ0v) is 10.3. The molecule has 0 aliphatic heterocycles. The van der Waals surface area contributed by atoms with Crippen molar-refractivity contribution in [2.24, 2.45) is 0 Å². The third-order valence-corrected chi connectivity index (χ3v) is 2.81. The molecule has 0 aliphatic rings. The molecule has 17 heavy (non-hydrogen) atoms. The zero-order chi connectivity index (χ0) is 12.4. The van der Waals surface area contributed by atoms with Gasteiger partial charge in [0.15, 0.2) is 5.78 Å². The minimum absolute atomic E-state index is 0.0606. The van der Waals surface area contributed by atoms with Crippen molar-refractivity contribution in [3.8, 4) is 11.3 Å². The molecule has 1 heterocycles. The van der Waals surface area contributed by atoms with Crippen molar-refractivity contribution < 1.29 is 4.79 Å². The lowest BCUT2D eigenvalue weighted by Crippen LogP contribution is -1.99. The summed E-state index contributed by atoms with van der Waals surface area (Å²) in [4.78, 5) is 15.8. The Kier molecular flexibility index (Phi) is 3.05. The van der Waals surface area contributed by atoms with Crippen LogP contribution in [0.15, 0.2) is 36.4 Å². The van der Waals surface area contributed by atoms with E-state index < -0.39 is 0 Å². The predicted octanol–water partition coefficient (Wildman–Crippen LogP) is 3.57. The van der Waals surface area contributed by atoms with Crippen LogP contribution >= 0.6 is 0 Å². The molecule has 0 spiro atoms. The summed E-state index contributed by atoms with van der Waals surface area (Å²) in [5.74, 6) is 0.0606. The number of hydrogen-bond acceptors (Lipinski definition) is 2. The van der Waals surface area contributed by atoms with Crippen LogP contribution in [0.1, 0.15) is 28.5 Å². The minimum Gasteiger partial charge on any atom is -0.294 e. The highest BCUT2D eigenvalue weighted by atomic mass is 16.1. The molecule has 0 atom stereocenters. The molecule has 1 aromatic carbocycles. The van der Waals surface area contributed by atoms with Crippen LogP contribution in [0, 0.1) is 13.8 Å². The third-order valence-electron chi connectivity index (χ3n) is 2.81. The number of rotatable bonds is 2. The van der Waals surface area contributed by atoms with E-state index in [9.17, 15) is 4.79 Å². The number of benzene rings is 1. The Balaban J connectivity index is 2.44. The molecule has 0 fully saturated rings. The van der Waals surface area contributed by atoms with E-state index >= 15 is 0 Å². The van der Waals surface area contributed by atoms with Crippen LogP contribution in [0.3, 0.4) is 0 Å². The van der Waals surface area contributed by atoms with E-state index in [2.05, 4.69) is 24.0 Å². The monoisotopic (exact) mass is 225 g/mol. The Labute approximate surface area is 101 Å². The minimum atomic E-state index is 0.0606. The van der Waals surface area contributed by atoms with E-state index in [0.717, 1.165) is 17.0 Å². The number of pyridine rings is 1. The van der Waals surface area contributed by atoms with E-state index in [1.165, 1.54) is 5.56 Å². The first-order valence-electron chi connectivity index (χ1n) is 5.63. The largest absolute Gasteiger partial charge is 0.294 e. The van der Waals surface area contributed by atoms with E-state index in [1.807, 2.05) is 31.2 Å². The molecular formula is C15H15NO. The van der Waals surface area contributed by atoms with Gasteiger partial charge in [-0.25, -0.2) is 0 Å². The Morgan fingerprint density at radius 1 is 1.00 bits per heavy atom. The number of aromatic nitrogens is 1. The van der Waals surface area contributed by atoms with Crippen LogP contribution in [0.5, 0.6) is 0 Å². The summed E-state index contributed by atoms with van der Waals surface area (Å²) >= 11 is 0. The lowest BCUT2D eigenvalue weighted by Gasteiger charge is -2.05. The number of ketones is 1. The van der Waals surface area contributed by atoms with Gasteiger partial charge in [-0.3, -0.25) is 9.78 Å². The van der Waals surface area contributed by atoms with Gasteiger partial charge in [0.1, 0.15) is 0 Å². The highest BCUT2D eigenvalue weighted by molar-refractivity contribution is 5.95. The predicted molar refractivity (Wildman–Crippen MR) is 69.2 cm³/mol. The first-order valence-corrected chi connectivity index (χ1v) is 5.63. The van der Waals surface area contributed by atoms with Crippen molar-refractivity contribution in [1.82, 2.24) is 4.98 Å². The van der Waals surface area contributed by atoms with E-state index in [-0.39, 0.29) is 5.78 Å². The molecule has 1 aromatic heterocycles. The van der Waals surface area contributed by atoms with Gasteiger partial charge in [-0.1, -0.05) is 29.8 Å². The van der Waals surface area contributed by atoms with Crippen LogP contribution in [0.25, 0.3) is 11.3 Å². The van der Waals surface area contributed by atoms with Crippen molar-refractivity contribution in [2.75, 3.05) is 0 Å². The van der Waals surface area contributed by atoms with E-state index in [1.54, 1.807) is 6.92 Å². The fourth-order valence-corrected chi connectivity index (χ4v) is 1.82. The van der Waals surface area contributed by atoms with Crippen molar-refractivity contribution in [2.45, 2.75) is 20.8 Å². The molecule has 86 valence electrons. The number of hydrogen-bond donors (Lipinski definition) is 0. The third kappa shape index (κ3) is 2.41. The van der Waals surface area contributed by atoms with Crippen LogP contribution in [-0.4, -0.2) is 10.8 Å². The van der Waals surface area contributed by atoms with Gasteiger partial charge in [0.05, 0.1) is 5.69 Å². The molecule has 0 saturated carbocycles. The molecule has 0 unspecified atom stereocenters. The zero-order valence-electron chi connectivity index (χ0n) is 10.3. The maximum Gasteiger partial charge on any atom is 0.161 e. The average molecular weight is 225 g/mol. The Morgan fingerprint density at radius 3 is 2.18 bits per heavy atom. The van der Waals surface area contributed by atoms with Crippen LogP contribution < -0.4 is 0 Å². The quantitative estimate of drug-likeness (QED) is 0.731. The maximum atomic E-state index is 11.3. The summed E-state index contributed by atoms with van der Waals surface area (Å²) in [5, 5.41) is 0. The van der Waals surface area contributed by atoms with Gasteiger partial charge in [-0.15, -0.1) is 0 Å². The summed E-state index contributed by atoms with van der Waals surface area (Å²) in [6, 6.07) is 12.0. The van der Waals surface area contributed by atoms with Gasteiger partial charge >= 0.3 is 0 Å². The molecule has 0 amide bonds. The molecule has 2 rings (SSSR count). The summed E-state index contributed by atoms with van der Waals surface area (Å²) in [6.07, 6.45) is 0. The lowest BCUT2D eigenvalue weighted by atomic mass is 10.1. The molecular weight excluding hydrogens is 210 g/mol. The molecule has 2 heteroatoms. The molecule has 0 N–H and O–H groups in total. The molecule has 2 nitrogen and oxygen atoms in total. The van der Waals surface area contributed by atoms with Crippen LogP contribution in [0.2, 0.25) is 0 Å². The molecule has 0 aliphatic carbocycles.